The summed E-state index contributed by atoms with van der Waals surface area (Å²) in [5.74, 6) is 0.104. The molecule has 1 fully saturated rings. The number of benzene rings is 1. The van der Waals surface area contributed by atoms with Gasteiger partial charge in [0.05, 0.1) is 17.5 Å². The van der Waals surface area contributed by atoms with Crippen molar-refractivity contribution in [1.82, 2.24) is 5.32 Å². The fourth-order valence-electron chi connectivity index (χ4n) is 5.02. The average molecular weight is 452 g/mol. The van der Waals surface area contributed by atoms with Crippen LogP contribution >= 0.6 is 11.3 Å². The molecule has 168 valence electrons. The average Bonchev–Trinajstić information content (AvgIpc) is 3.43. The van der Waals surface area contributed by atoms with Crippen molar-refractivity contribution in [3.63, 3.8) is 0 Å². The van der Waals surface area contributed by atoms with Crippen LogP contribution in [0.4, 0.5) is 16.2 Å². The van der Waals surface area contributed by atoms with E-state index in [4.69, 9.17) is 4.74 Å². The SMILES string of the molecule is CC1(C)CC(=O)C2=C(C1)Nc1ccccc1N(C(=O)NC[C@@H]1CCCO1)[C@H]2c1cccs1. The molecule has 0 bridgehead atoms. The van der Waals surface area contributed by atoms with Crippen molar-refractivity contribution < 1.29 is 14.3 Å². The first kappa shape index (κ1) is 21.2. The number of rotatable bonds is 3. The zero-order valence-corrected chi connectivity index (χ0v) is 19.3. The number of hydrogen-bond acceptors (Lipinski definition) is 5. The summed E-state index contributed by atoms with van der Waals surface area (Å²) >= 11 is 1.58. The summed E-state index contributed by atoms with van der Waals surface area (Å²) in [5.41, 5.74) is 3.11. The van der Waals surface area contributed by atoms with Crippen LogP contribution in [-0.2, 0) is 9.53 Å². The van der Waals surface area contributed by atoms with Gasteiger partial charge < -0.3 is 15.4 Å². The van der Waals surface area contributed by atoms with E-state index in [1.165, 1.54) is 0 Å². The molecule has 2 aliphatic heterocycles. The molecule has 0 saturated carbocycles. The lowest BCUT2D eigenvalue weighted by Gasteiger charge is -2.36. The van der Waals surface area contributed by atoms with Crippen molar-refractivity contribution in [3.05, 3.63) is 57.9 Å². The zero-order chi connectivity index (χ0) is 22.3. The quantitative estimate of drug-likeness (QED) is 0.668. The summed E-state index contributed by atoms with van der Waals surface area (Å²) in [7, 11) is 0. The highest BCUT2D eigenvalue weighted by molar-refractivity contribution is 7.10. The molecule has 1 aromatic heterocycles. The molecule has 7 heteroatoms. The minimum Gasteiger partial charge on any atom is -0.376 e. The van der Waals surface area contributed by atoms with Gasteiger partial charge >= 0.3 is 6.03 Å². The third kappa shape index (κ3) is 3.95. The number of anilines is 2. The second-order valence-electron chi connectivity index (χ2n) is 9.58. The molecule has 0 radical (unpaired) electrons. The van der Waals surface area contributed by atoms with Crippen molar-refractivity contribution in [2.24, 2.45) is 5.41 Å². The molecule has 0 spiro atoms. The predicted molar refractivity (Wildman–Crippen MR) is 127 cm³/mol. The van der Waals surface area contributed by atoms with E-state index >= 15 is 0 Å². The monoisotopic (exact) mass is 451 g/mol. The second kappa shape index (κ2) is 8.37. The Balaban J connectivity index is 1.61. The van der Waals surface area contributed by atoms with E-state index in [2.05, 4.69) is 24.5 Å². The van der Waals surface area contributed by atoms with Gasteiger partial charge in [0.1, 0.15) is 6.04 Å². The van der Waals surface area contributed by atoms with E-state index in [1.807, 2.05) is 41.8 Å². The minimum atomic E-state index is -0.464. The summed E-state index contributed by atoms with van der Waals surface area (Å²) in [6, 6.07) is 11.1. The number of nitrogens with zero attached hydrogens (tertiary/aromatic N) is 1. The van der Waals surface area contributed by atoms with E-state index in [0.717, 1.165) is 47.8 Å². The van der Waals surface area contributed by atoms with Crippen LogP contribution in [-0.4, -0.2) is 31.1 Å². The van der Waals surface area contributed by atoms with E-state index in [9.17, 15) is 9.59 Å². The first-order valence-electron chi connectivity index (χ1n) is 11.3. The van der Waals surface area contributed by atoms with Gasteiger partial charge in [-0.2, -0.15) is 0 Å². The molecular weight excluding hydrogens is 422 g/mol. The minimum absolute atomic E-state index is 0.0476. The maximum atomic E-state index is 13.7. The summed E-state index contributed by atoms with van der Waals surface area (Å²) in [4.78, 5) is 30.0. The largest absolute Gasteiger partial charge is 0.376 e. The molecular formula is C25H29N3O3S. The molecule has 1 aromatic carbocycles. The Morgan fingerprint density at radius 2 is 2.09 bits per heavy atom. The number of hydrogen-bond donors (Lipinski definition) is 2. The Labute approximate surface area is 192 Å². The van der Waals surface area contributed by atoms with Gasteiger partial charge in [-0.3, -0.25) is 9.69 Å². The molecule has 32 heavy (non-hydrogen) atoms. The number of ether oxygens (including phenoxy) is 1. The van der Waals surface area contributed by atoms with Crippen molar-refractivity contribution in [2.45, 2.75) is 51.7 Å². The van der Waals surface area contributed by atoms with Crippen LogP contribution in [0.25, 0.3) is 0 Å². The number of urea groups is 1. The molecule has 2 atom stereocenters. The number of carbonyl (C=O) groups excluding carboxylic acids is 2. The number of para-hydroxylation sites is 2. The van der Waals surface area contributed by atoms with Gasteiger partial charge in [0.2, 0.25) is 0 Å². The number of nitrogens with one attached hydrogen (secondary N) is 2. The molecule has 6 nitrogen and oxygen atoms in total. The van der Waals surface area contributed by atoms with Crippen molar-refractivity contribution >= 4 is 34.5 Å². The van der Waals surface area contributed by atoms with Crippen LogP contribution in [0, 0.1) is 5.41 Å². The maximum Gasteiger partial charge on any atom is 0.322 e. The molecule has 2 N–H and O–H groups in total. The first-order chi connectivity index (χ1) is 15.4. The Morgan fingerprint density at radius 1 is 1.25 bits per heavy atom. The summed E-state index contributed by atoms with van der Waals surface area (Å²) in [6.45, 7) is 5.46. The van der Waals surface area contributed by atoms with Gasteiger partial charge in [0.25, 0.3) is 0 Å². The fourth-order valence-corrected chi connectivity index (χ4v) is 5.84. The number of carbonyl (C=O) groups is 2. The molecule has 3 heterocycles. The van der Waals surface area contributed by atoms with Crippen LogP contribution in [0.5, 0.6) is 0 Å². The van der Waals surface area contributed by atoms with E-state index in [0.29, 0.717) is 18.5 Å². The van der Waals surface area contributed by atoms with Crippen LogP contribution in [0.2, 0.25) is 0 Å². The Bertz CT molecular complexity index is 1050. The van der Waals surface area contributed by atoms with Crippen LogP contribution in [0.3, 0.4) is 0 Å². The van der Waals surface area contributed by atoms with Crippen molar-refractivity contribution in [1.29, 1.82) is 0 Å². The van der Waals surface area contributed by atoms with Crippen LogP contribution in [0.15, 0.2) is 53.0 Å². The summed E-state index contributed by atoms with van der Waals surface area (Å²) in [5, 5.41) is 8.62. The standard InChI is InChI=1S/C25H29N3O3S/c1-25(2)13-18-22(20(29)14-25)23(21-10-6-12-32-21)28(19-9-4-3-8-17(19)27-18)24(30)26-15-16-7-5-11-31-16/h3-4,6,8-10,12,16,23,27H,5,7,11,13-15H2,1-2H3,(H,26,30)/t16-,23-/m0/s1. The molecule has 1 saturated heterocycles. The second-order valence-corrected chi connectivity index (χ2v) is 10.6. The molecule has 5 rings (SSSR count). The highest BCUT2D eigenvalue weighted by Gasteiger charge is 2.43. The predicted octanol–water partition coefficient (Wildman–Crippen LogP) is 5.25. The summed E-state index contributed by atoms with van der Waals surface area (Å²) in [6.07, 6.45) is 3.25. The van der Waals surface area contributed by atoms with Gasteiger partial charge in [-0.25, -0.2) is 4.79 Å². The fraction of sp³-hybridized carbons (Fsp3) is 0.440. The lowest BCUT2D eigenvalue weighted by molar-refractivity contribution is -0.118. The number of amides is 2. The molecule has 2 amide bonds. The van der Waals surface area contributed by atoms with Crippen molar-refractivity contribution in [2.75, 3.05) is 23.4 Å². The van der Waals surface area contributed by atoms with E-state index in [-0.39, 0.29) is 23.3 Å². The topological polar surface area (TPSA) is 70.7 Å². The van der Waals surface area contributed by atoms with E-state index in [1.54, 1.807) is 16.2 Å². The normalized spacial score (nSPS) is 24.4. The molecule has 2 aromatic rings. The lowest BCUT2D eigenvalue weighted by Crippen LogP contribution is -2.46. The molecule has 3 aliphatic rings. The van der Waals surface area contributed by atoms with Gasteiger partial charge in [-0.15, -0.1) is 11.3 Å². The van der Waals surface area contributed by atoms with Crippen LogP contribution in [0.1, 0.15) is 50.4 Å². The highest BCUT2D eigenvalue weighted by atomic mass is 32.1. The number of Topliss-reactive ketones (excluding diaryl/α,β-unsaturated/α-hetero) is 1. The Hall–Kier alpha value is -2.64. The third-order valence-corrected chi connectivity index (χ3v) is 7.36. The highest BCUT2D eigenvalue weighted by Crippen LogP contribution is 2.48. The number of fused-ring (bicyclic) bond motifs is 1. The lowest BCUT2D eigenvalue weighted by atomic mass is 9.74. The van der Waals surface area contributed by atoms with Gasteiger partial charge in [0, 0.05) is 35.7 Å². The number of allylic oxidation sites excluding steroid dienone is 1. The molecule has 1 aliphatic carbocycles. The third-order valence-electron chi connectivity index (χ3n) is 6.44. The van der Waals surface area contributed by atoms with Crippen LogP contribution < -0.4 is 15.5 Å². The van der Waals surface area contributed by atoms with Gasteiger partial charge in [-0.05, 0) is 48.3 Å². The number of thiophene rings is 1. The summed E-state index contributed by atoms with van der Waals surface area (Å²) < 4.78 is 5.70. The Morgan fingerprint density at radius 3 is 2.84 bits per heavy atom. The van der Waals surface area contributed by atoms with Gasteiger partial charge in [-0.1, -0.05) is 32.0 Å². The van der Waals surface area contributed by atoms with E-state index < -0.39 is 6.04 Å². The van der Waals surface area contributed by atoms with Crippen molar-refractivity contribution in [3.8, 4) is 0 Å². The number of ketones is 1. The van der Waals surface area contributed by atoms with Gasteiger partial charge in [0.15, 0.2) is 5.78 Å². The smallest absolute Gasteiger partial charge is 0.322 e. The zero-order valence-electron chi connectivity index (χ0n) is 18.5. The molecule has 0 unspecified atom stereocenters. The first-order valence-corrected chi connectivity index (χ1v) is 12.2. The Kier molecular flexibility index (Phi) is 5.55. The maximum absolute atomic E-state index is 13.7.